The van der Waals surface area contributed by atoms with E-state index in [9.17, 15) is 0 Å². The molecule has 2 aromatic carbocycles. The highest BCUT2D eigenvalue weighted by Gasteiger charge is 2.08. The first-order chi connectivity index (χ1) is 9.58. The highest BCUT2D eigenvalue weighted by molar-refractivity contribution is 6.31. The van der Waals surface area contributed by atoms with Crippen molar-refractivity contribution in [3.8, 4) is 0 Å². The van der Waals surface area contributed by atoms with E-state index >= 15 is 0 Å². The van der Waals surface area contributed by atoms with Crippen LogP contribution in [-0.2, 0) is 13.1 Å². The summed E-state index contributed by atoms with van der Waals surface area (Å²) in [6, 6.07) is 14.3. The normalized spacial score (nSPS) is 11.0. The third-order valence-electron chi connectivity index (χ3n) is 3.44. The van der Waals surface area contributed by atoms with Crippen LogP contribution < -0.4 is 5.73 Å². The first-order valence-corrected chi connectivity index (χ1v) is 7.28. The van der Waals surface area contributed by atoms with Crippen LogP contribution in [0.4, 0.5) is 5.69 Å². The molecule has 0 fully saturated rings. The second-order valence-corrected chi connectivity index (χ2v) is 5.55. The van der Waals surface area contributed by atoms with Crippen LogP contribution in [0.2, 0.25) is 5.02 Å². The van der Waals surface area contributed by atoms with Gasteiger partial charge in [0.1, 0.15) is 0 Å². The number of nitrogen functional groups attached to an aromatic ring is 1. The van der Waals surface area contributed by atoms with Gasteiger partial charge >= 0.3 is 0 Å². The summed E-state index contributed by atoms with van der Waals surface area (Å²) in [6.45, 7) is 6.97. The minimum absolute atomic E-state index is 0.804. The largest absolute Gasteiger partial charge is 0.399 e. The molecule has 106 valence electrons. The van der Waals surface area contributed by atoms with E-state index in [4.69, 9.17) is 17.3 Å². The molecule has 2 rings (SSSR count). The molecule has 0 saturated heterocycles. The number of anilines is 1. The van der Waals surface area contributed by atoms with Crippen LogP contribution in [0.3, 0.4) is 0 Å². The van der Waals surface area contributed by atoms with E-state index in [0.717, 1.165) is 30.3 Å². The van der Waals surface area contributed by atoms with E-state index in [-0.39, 0.29) is 0 Å². The van der Waals surface area contributed by atoms with E-state index in [2.05, 4.69) is 43.0 Å². The molecule has 0 aromatic heterocycles. The van der Waals surface area contributed by atoms with Gasteiger partial charge in [-0.15, -0.1) is 0 Å². The van der Waals surface area contributed by atoms with Gasteiger partial charge in [-0.05, 0) is 48.4 Å². The van der Waals surface area contributed by atoms with E-state index < -0.39 is 0 Å². The maximum atomic E-state index is 6.31. The SMILES string of the molecule is CCN(Cc1ccc(N)cc1)Cc1ccc(C)cc1Cl. The maximum Gasteiger partial charge on any atom is 0.0453 e. The summed E-state index contributed by atoms with van der Waals surface area (Å²) < 4.78 is 0. The van der Waals surface area contributed by atoms with Gasteiger partial charge in [-0.1, -0.05) is 42.8 Å². The average molecular weight is 289 g/mol. The van der Waals surface area contributed by atoms with Crippen LogP contribution >= 0.6 is 11.6 Å². The van der Waals surface area contributed by atoms with Crippen molar-refractivity contribution in [2.45, 2.75) is 26.9 Å². The van der Waals surface area contributed by atoms with Crippen molar-refractivity contribution < 1.29 is 0 Å². The van der Waals surface area contributed by atoms with Gasteiger partial charge in [-0.3, -0.25) is 4.90 Å². The number of nitrogens with zero attached hydrogens (tertiary/aromatic N) is 1. The van der Waals surface area contributed by atoms with Gasteiger partial charge in [-0.25, -0.2) is 0 Å². The molecule has 2 aromatic rings. The van der Waals surface area contributed by atoms with Gasteiger partial charge in [0.15, 0.2) is 0 Å². The molecule has 2 nitrogen and oxygen atoms in total. The fraction of sp³-hybridized carbons (Fsp3) is 0.294. The molecule has 20 heavy (non-hydrogen) atoms. The van der Waals surface area contributed by atoms with E-state index in [0.29, 0.717) is 0 Å². The lowest BCUT2D eigenvalue weighted by Gasteiger charge is -2.21. The second kappa shape index (κ2) is 6.78. The number of nitrogens with two attached hydrogens (primary N) is 1. The summed E-state index contributed by atoms with van der Waals surface area (Å²) in [4.78, 5) is 2.36. The van der Waals surface area contributed by atoms with E-state index in [1.54, 1.807) is 0 Å². The van der Waals surface area contributed by atoms with Crippen LogP contribution in [0, 0.1) is 6.92 Å². The van der Waals surface area contributed by atoms with Gasteiger partial charge in [-0.2, -0.15) is 0 Å². The zero-order chi connectivity index (χ0) is 14.5. The Hall–Kier alpha value is -1.51. The molecule has 0 aliphatic heterocycles. The van der Waals surface area contributed by atoms with Gasteiger partial charge < -0.3 is 5.73 Å². The first-order valence-electron chi connectivity index (χ1n) is 6.90. The Kier molecular flexibility index (Phi) is 5.05. The third-order valence-corrected chi connectivity index (χ3v) is 3.79. The van der Waals surface area contributed by atoms with Crippen LogP contribution in [0.5, 0.6) is 0 Å². The number of aryl methyl sites for hydroxylation is 1. The molecular weight excluding hydrogens is 268 g/mol. The maximum absolute atomic E-state index is 6.31. The fourth-order valence-electron chi connectivity index (χ4n) is 2.18. The molecule has 0 radical (unpaired) electrons. The summed E-state index contributed by atoms with van der Waals surface area (Å²) in [6.07, 6.45) is 0. The molecule has 2 N–H and O–H groups in total. The van der Waals surface area contributed by atoms with Crippen LogP contribution in [0.1, 0.15) is 23.6 Å². The standard InChI is InChI=1S/C17H21ClN2/c1-3-20(11-14-5-8-16(19)9-6-14)12-15-7-4-13(2)10-17(15)18/h4-10H,3,11-12,19H2,1-2H3. The summed E-state index contributed by atoms with van der Waals surface area (Å²) in [7, 11) is 0. The molecular formula is C17H21ClN2. The van der Waals surface area contributed by atoms with Gasteiger partial charge in [0, 0.05) is 23.8 Å². The van der Waals surface area contributed by atoms with Gasteiger partial charge in [0.05, 0.1) is 0 Å². The second-order valence-electron chi connectivity index (χ2n) is 5.14. The Bertz CT molecular complexity index is 564. The van der Waals surface area contributed by atoms with Gasteiger partial charge in [0.2, 0.25) is 0 Å². The highest BCUT2D eigenvalue weighted by atomic mass is 35.5. The Balaban J connectivity index is 2.07. The van der Waals surface area contributed by atoms with Crippen LogP contribution in [-0.4, -0.2) is 11.4 Å². The predicted molar refractivity (Wildman–Crippen MR) is 86.8 cm³/mol. The topological polar surface area (TPSA) is 29.3 Å². The minimum atomic E-state index is 0.804. The fourth-order valence-corrected chi connectivity index (χ4v) is 2.48. The van der Waals surface area contributed by atoms with Crippen molar-refractivity contribution >= 4 is 17.3 Å². The zero-order valence-corrected chi connectivity index (χ0v) is 12.8. The first kappa shape index (κ1) is 14.9. The van der Waals surface area contributed by atoms with Crippen molar-refractivity contribution in [1.82, 2.24) is 4.90 Å². The molecule has 0 aliphatic rings. The predicted octanol–water partition coefficient (Wildman–Crippen LogP) is 4.25. The third kappa shape index (κ3) is 3.99. The minimum Gasteiger partial charge on any atom is -0.399 e. The van der Waals surface area contributed by atoms with Crippen molar-refractivity contribution in [3.05, 3.63) is 64.2 Å². The Morgan fingerprint density at radius 3 is 2.35 bits per heavy atom. The highest BCUT2D eigenvalue weighted by Crippen LogP contribution is 2.20. The Labute approximate surface area is 126 Å². The van der Waals surface area contributed by atoms with Crippen LogP contribution in [0.25, 0.3) is 0 Å². The molecule has 0 saturated carbocycles. The van der Waals surface area contributed by atoms with Crippen molar-refractivity contribution in [3.63, 3.8) is 0 Å². The number of halogens is 1. The summed E-state index contributed by atoms with van der Waals surface area (Å²) in [5.41, 5.74) is 10.2. The zero-order valence-electron chi connectivity index (χ0n) is 12.1. The average Bonchev–Trinajstić information content (AvgIpc) is 2.43. The molecule has 0 amide bonds. The Morgan fingerprint density at radius 1 is 1.05 bits per heavy atom. The molecule has 0 atom stereocenters. The number of rotatable bonds is 5. The van der Waals surface area contributed by atoms with E-state index in [1.807, 2.05) is 18.2 Å². The molecule has 0 unspecified atom stereocenters. The van der Waals surface area contributed by atoms with Crippen LogP contribution in [0.15, 0.2) is 42.5 Å². The van der Waals surface area contributed by atoms with Crippen molar-refractivity contribution in [1.29, 1.82) is 0 Å². The lowest BCUT2D eigenvalue weighted by Crippen LogP contribution is -2.22. The summed E-state index contributed by atoms with van der Waals surface area (Å²) in [5, 5.41) is 0.848. The smallest absolute Gasteiger partial charge is 0.0453 e. The molecule has 3 heteroatoms. The number of hydrogen-bond donors (Lipinski definition) is 1. The van der Waals surface area contributed by atoms with Crippen molar-refractivity contribution in [2.24, 2.45) is 0 Å². The molecule has 0 spiro atoms. The van der Waals surface area contributed by atoms with Gasteiger partial charge in [0.25, 0.3) is 0 Å². The number of hydrogen-bond acceptors (Lipinski definition) is 2. The lowest BCUT2D eigenvalue weighted by atomic mass is 10.1. The van der Waals surface area contributed by atoms with E-state index in [1.165, 1.54) is 16.7 Å². The monoisotopic (exact) mass is 288 g/mol. The summed E-state index contributed by atoms with van der Waals surface area (Å²) in [5.74, 6) is 0. The lowest BCUT2D eigenvalue weighted by molar-refractivity contribution is 0.271. The molecule has 0 bridgehead atoms. The van der Waals surface area contributed by atoms with Crippen molar-refractivity contribution in [2.75, 3.05) is 12.3 Å². The Morgan fingerprint density at radius 2 is 1.75 bits per heavy atom. The molecule has 0 heterocycles. The summed E-state index contributed by atoms with van der Waals surface area (Å²) >= 11 is 6.31. The number of benzene rings is 2. The quantitative estimate of drug-likeness (QED) is 0.833. The molecule has 0 aliphatic carbocycles.